The molecule has 1 N–H and O–H groups in total. The molecule has 0 radical (unpaired) electrons. The van der Waals surface area contributed by atoms with Crippen molar-refractivity contribution in [2.24, 2.45) is 10.3 Å². The first-order valence-electron chi connectivity index (χ1n) is 13.7. The molecule has 0 spiro atoms. The zero-order valence-electron chi connectivity index (χ0n) is 23.7. The number of β-lactam (4-membered cyclic amide) rings is 1. The van der Waals surface area contributed by atoms with Crippen LogP contribution in [0.4, 0.5) is 0 Å². The molecule has 2 aliphatic heterocycles. The Bertz CT molecular complexity index is 1700. The van der Waals surface area contributed by atoms with Gasteiger partial charge in [-0.05, 0) is 22.2 Å². The van der Waals surface area contributed by atoms with E-state index in [9.17, 15) is 19.2 Å². The van der Waals surface area contributed by atoms with Crippen LogP contribution in [0.3, 0.4) is 0 Å². The predicted octanol–water partition coefficient (Wildman–Crippen LogP) is 5.03. The second kappa shape index (κ2) is 15.0. The average Bonchev–Trinajstić information content (AvgIpc) is 3.09. The Morgan fingerprint density at radius 2 is 1.57 bits per heavy atom. The van der Waals surface area contributed by atoms with Crippen LogP contribution >= 0.6 is 35.0 Å². The summed E-state index contributed by atoms with van der Waals surface area (Å²) in [6, 6.07) is 25.3. The fraction of sp³-hybridized carbons (Fsp3) is 0.194. The van der Waals surface area contributed by atoms with Crippen molar-refractivity contribution >= 4 is 64.4 Å². The number of hydrogen-bond donors (Lipinski definition) is 1. The van der Waals surface area contributed by atoms with Crippen LogP contribution < -0.4 is 5.32 Å². The van der Waals surface area contributed by atoms with Gasteiger partial charge in [0.25, 0.3) is 11.8 Å². The average molecular weight is 680 g/mol. The summed E-state index contributed by atoms with van der Waals surface area (Å²) in [6.45, 7) is -0.166. The zero-order valence-corrected chi connectivity index (χ0v) is 26.1. The van der Waals surface area contributed by atoms with Crippen LogP contribution in [0.1, 0.15) is 22.8 Å². The highest BCUT2D eigenvalue weighted by Crippen LogP contribution is 2.41. The number of ether oxygens (including phenoxy) is 1. The highest BCUT2D eigenvalue weighted by molar-refractivity contribution is 8.00. The number of benzene rings is 3. The summed E-state index contributed by atoms with van der Waals surface area (Å²) in [6.07, 6.45) is -0.795. The molecule has 0 aromatic heterocycles. The van der Waals surface area contributed by atoms with Gasteiger partial charge in [-0.3, -0.25) is 14.5 Å². The van der Waals surface area contributed by atoms with Crippen LogP contribution in [-0.2, 0) is 28.8 Å². The number of rotatable bonds is 11. The number of amides is 2. The van der Waals surface area contributed by atoms with Crippen LogP contribution in [0.25, 0.3) is 10.4 Å². The van der Waals surface area contributed by atoms with E-state index >= 15 is 0 Å². The number of hydrogen-bond acceptors (Lipinski definition) is 9. The van der Waals surface area contributed by atoms with E-state index in [4.69, 9.17) is 38.3 Å². The van der Waals surface area contributed by atoms with E-state index in [0.717, 1.165) is 0 Å². The van der Waals surface area contributed by atoms with Gasteiger partial charge in [0.2, 0.25) is 4.84 Å². The number of fused-ring (bicyclic) bond motifs is 1. The molecule has 15 heteroatoms. The van der Waals surface area contributed by atoms with Crippen molar-refractivity contribution in [1.29, 1.82) is 0 Å². The molecular formula is C31H24Cl2N6O6S. The highest BCUT2D eigenvalue weighted by atomic mass is 35.5. The lowest BCUT2D eigenvalue weighted by molar-refractivity contribution is -0.154. The van der Waals surface area contributed by atoms with Gasteiger partial charge in [0.1, 0.15) is 17.1 Å². The third-order valence-corrected chi connectivity index (χ3v) is 8.64. The fourth-order valence-electron chi connectivity index (χ4n) is 4.82. The number of oxime groups is 1. The van der Waals surface area contributed by atoms with E-state index in [1.807, 2.05) is 60.7 Å². The van der Waals surface area contributed by atoms with Gasteiger partial charge in [-0.15, -0.1) is 11.8 Å². The van der Waals surface area contributed by atoms with E-state index in [-0.39, 0.29) is 23.7 Å². The number of esters is 1. The maximum absolute atomic E-state index is 13.9. The molecule has 5 rings (SSSR count). The molecular weight excluding hydrogens is 655 g/mol. The number of azide groups is 1. The standard InChI is InChI=1S/C31H24Cl2N6O6S/c32-26(33)31(43)45-37-22(18-10-4-1-5-11-18)27(40)36-23-28(41)39-24(21(16-35-38-34)17-46-29(23)39)30(42)44-25(19-12-6-2-7-13-19)20-14-8-3-9-15-20/h1-15,23,25-26,29H,16-17H2,(H,36,40)/t23-,29-/m1/s1. The van der Waals surface area contributed by atoms with E-state index in [0.29, 0.717) is 22.3 Å². The molecule has 2 heterocycles. The molecule has 3 aromatic rings. The van der Waals surface area contributed by atoms with Crippen molar-refractivity contribution in [3.05, 3.63) is 129 Å². The van der Waals surface area contributed by atoms with Gasteiger partial charge in [0.15, 0.2) is 11.8 Å². The lowest BCUT2D eigenvalue weighted by Gasteiger charge is -2.49. The zero-order chi connectivity index (χ0) is 32.6. The molecule has 1 saturated heterocycles. The van der Waals surface area contributed by atoms with Gasteiger partial charge in [-0.25, -0.2) is 9.59 Å². The molecule has 0 unspecified atom stereocenters. The van der Waals surface area contributed by atoms with Gasteiger partial charge < -0.3 is 14.9 Å². The lowest BCUT2D eigenvalue weighted by atomic mass is 10.00. The molecule has 46 heavy (non-hydrogen) atoms. The fourth-order valence-corrected chi connectivity index (χ4v) is 6.23. The maximum Gasteiger partial charge on any atom is 0.367 e. The minimum Gasteiger partial charge on any atom is -0.448 e. The Labute approximate surface area is 276 Å². The Morgan fingerprint density at radius 1 is 0.978 bits per heavy atom. The first-order valence-corrected chi connectivity index (χ1v) is 15.6. The summed E-state index contributed by atoms with van der Waals surface area (Å²) in [5.74, 6) is -3.09. The first kappa shape index (κ1) is 32.6. The molecule has 1 fully saturated rings. The summed E-state index contributed by atoms with van der Waals surface area (Å²) in [4.78, 5) is 60.0. The molecule has 0 saturated carbocycles. The van der Waals surface area contributed by atoms with Gasteiger partial charge in [0.05, 0.1) is 6.54 Å². The van der Waals surface area contributed by atoms with Crippen LogP contribution in [0, 0.1) is 0 Å². The van der Waals surface area contributed by atoms with E-state index in [2.05, 4.69) is 20.5 Å². The summed E-state index contributed by atoms with van der Waals surface area (Å²) in [7, 11) is 0. The number of carbonyl (C=O) groups excluding carboxylic acids is 4. The quantitative estimate of drug-likeness (QED) is 0.0342. The van der Waals surface area contributed by atoms with Crippen LogP contribution in [0.2, 0.25) is 0 Å². The van der Waals surface area contributed by atoms with Crippen molar-refractivity contribution in [2.45, 2.75) is 22.4 Å². The molecule has 12 nitrogen and oxygen atoms in total. The third-order valence-electron chi connectivity index (χ3n) is 6.95. The van der Waals surface area contributed by atoms with Crippen LogP contribution in [-0.4, -0.2) is 62.9 Å². The minimum absolute atomic E-state index is 0.0512. The molecule has 2 amide bonds. The Morgan fingerprint density at radius 3 is 2.13 bits per heavy atom. The molecule has 234 valence electrons. The summed E-state index contributed by atoms with van der Waals surface area (Å²) >= 11 is 12.3. The van der Waals surface area contributed by atoms with Crippen LogP contribution in [0.5, 0.6) is 0 Å². The monoisotopic (exact) mass is 678 g/mol. The van der Waals surface area contributed by atoms with Crippen molar-refractivity contribution in [3.8, 4) is 0 Å². The van der Waals surface area contributed by atoms with Crippen LogP contribution in [0.15, 0.2) is 113 Å². The number of thioether (sulfide) groups is 1. The van der Waals surface area contributed by atoms with Crippen molar-refractivity contribution in [1.82, 2.24) is 10.2 Å². The number of halogens is 2. The topological polar surface area (TPSA) is 163 Å². The van der Waals surface area contributed by atoms with E-state index in [1.54, 1.807) is 30.3 Å². The summed E-state index contributed by atoms with van der Waals surface area (Å²) < 4.78 is 6.05. The Hall–Kier alpha value is -4.81. The maximum atomic E-state index is 13.9. The second-order valence-corrected chi connectivity index (χ2v) is 12.0. The van der Waals surface area contributed by atoms with E-state index in [1.165, 1.54) is 16.7 Å². The minimum atomic E-state index is -1.53. The SMILES string of the molecule is [N-]=[N+]=NCC1=C(C(=O)OC(c2ccccc2)c2ccccc2)N2C(=O)[C@@H](NC(=O)C(=NOC(=O)C(Cl)Cl)c3ccccc3)[C@H]2SC1. The number of nitrogens with one attached hydrogen (secondary N) is 1. The largest absolute Gasteiger partial charge is 0.448 e. The molecule has 2 aliphatic rings. The molecule has 0 bridgehead atoms. The van der Waals surface area contributed by atoms with Gasteiger partial charge in [0, 0.05) is 16.2 Å². The predicted molar refractivity (Wildman–Crippen MR) is 171 cm³/mol. The van der Waals surface area contributed by atoms with Gasteiger partial charge in [-0.2, -0.15) is 0 Å². The lowest BCUT2D eigenvalue weighted by Crippen LogP contribution is -2.71. The van der Waals surface area contributed by atoms with Gasteiger partial charge in [-0.1, -0.05) is 124 Å². The Kier molecular flexibility index (Phi) is 10.6. The third kappa shape index (κ3) is 7.19. The van der Waals surface area contributed by atoms with Crippen molar-refractivity contribution < 1.29 is 28.8 Å². The Balaban J connectivity index is 1.41. The first-order chi connectivity index (χ1) is 22.3. The number of carbonyl (C=O) groups is 4. The van der Waals surface area contributed by atoms with Gasteiger partial charge >= 0.3 is 11.9 Å². The summed E-state index contributed by atoms with van der Waals surface area (Å²) in [5, 5.41) is 9.21. The molecule has 0 aliphatic carbocycles. The van der Waals surface area contributed by atoms with Crippen molar-refractivity contribution in [3.63, 3.8) is 0 Å². The normalized spacial score (nSPS) is 17.5. The molecule has 2 atom stereocenters. The second-order valence-electron chi connectivity index (χ2n) is 9.83. The van der Waals surface area contributed by atoms with Crippen molar-refractivity contribution in [2.75, 3.05) is 12.3 Å². The molecule has 3 aromatic carbocycles. The highest BCUT2D eigenvalue weighted by Gasteiger charge is 2.54. The smallest absolute Gasteiger partial charge is 0.367 e. The summed E-state index contributed by atoms with van der Waals surface area (Å²) in [5.41, 5.74) is 10.7. The number of alkyl halides is 2. The number of nitrogens with zero attached hydrogens (tertiary/aromatic N) is 5. The van der Waals surface area contributed by atoms with E-state index < -0.39 is 46.1 Å².